The van der Waals surface area contributed by atoms with Gasteiger partial charge in [-0.2, -0.15) is 0 Å². The highest BCUT2D eigenvalue weighted by Gasteiger charge is 2.25. The number of aliphatic hydroxyl groups excluding tert-OH is 2. The second-order valence-corrected chi connectivity index (χ2v) is 4.32. The first-order valence-electron chi connectivity index (χ1n) is 5.92. The van der Waals surface area contributed by atoms with Crippen LogP contribution in [0.4, 0.5) is 0 Å². The smallest absolute Gasteiger partial charge is 0.371 e. The molecule has 110 valence electrons. The summed E-state index contributed by atoms with van der Waals surface area (Å²) < 4.78 is 5.11. The SMILES string of the molecule is O=C(O)c1ccc(-c2ccc(C(O)C(O)C(=O)O)cc2)o1. The minimum atomic E-state index is -1.92. The molecule has 1 aromatic heterocycles. The molecular formula is C14H12O7. The van der Waals surface area contributed by atoms with E-state index in [2.05, 4.69) is 0 Å². The van der Waals surface area contributed by atoms with E-state index in [9.17, 15) is 19.8 Å². The van der Waals surface area contributed by atoms with E-state index in [1.807, 2.05) is 0 Å². The molecular weight excluding hydrogens is 280 g/mol. The van der Waals surface area contributed by atoms with Gasteiger partial charge in [-0.3, -0.25) is 0 Å². The maximum Gasteiger partial charge on any atom is 0.371 e. The molecule has 0 bridgehead atoms. The van der Waals surface area contributed by atoms with Crippen molar-refractivity contribution in [3.8, 4) is 11.3 Å². The second-order valence-electron chi connectivity index (χ2n) is 4.32. The van der Waals surface area contributed by atoms with E-state index in [4.69, 9.17) is 14.6 Å². The van der Waals surface area contributed by atoms with Gasteiger partial charge >= 0.3 is 11.9 Å². The van der Waals surface area contributed by atoms with Crippen LogP contribution in [0.3, 0.4) is 0 Å². The van der Waals surface area contributed by atoms with Crippen LogP contribution in [0.15, 0.2) is 40.8 Å². The number of carbonyl (C=O) groups is 2. The number of hydrogen-bond donors (Lipinski definition) is 4. The molecule has 2 unspecified atom stereocenters. The van der Waals surface area contributed by atoms with E-state index in [-0.39, 0.29) is 11.3 Å². The molecule has 1 aromatic carbocycles. The van der Waals surface area contributed by atoms with Crippen molar-refractivity contribution in [2.45, 2.75) is 12.2 Å². The van der Waals surface area contributed by atoms with Crippen molar-refractivity contribution in [1.29, 1.82) is 0 Å². The maximum absolute atomic E-state index is 10.7. The van der Waals surface area contributed by atoms with Gasteiger partial charge in [0.15, 0.2) is 6.10 Å². The molecule has 2 atom stereocenters. The Morgan fingerprint density at radius 3 is 2.05 bits per heavy atom. The number of aliphatic hydroxyl groups is 2. The Morgan fingerprint density at radius 1 is 0.952 bits per heavy atom. The molecule has 7 heteroatoms. The molecule has 0 aliphatic heterocycles. The summed E-state index contributed by atoms with van der Waals surface area (Å²) in [6, 6.07) is 8.70. The summed E-state index contributed by atoms with van der Waals surface area (Å²) >= 11 is 0. The molecule has 7 nitrogen and oxygen atoms in total. The van der Waals surface area contributed by atoms with Gasteiger partial charge in [0.05, 0.1) is 0 Å². The zero-order valence-electron chi connectivity index (χ0n) is 10.6. The zero-order valence-corrected chi connectivity index (χ0v) is 10.6. The molecule has 0 saturated heterocycles. The number of rotatable bonds is 5. The fourth-order valence-corrected chi connectivity index (χ4v) is 1.77. The van der Waals surface area contributed by atoms with E-state index in [1.165, 1.54) is 36.4 Å². The van der Waals surface area contributed by atoms with Crippen molar-refractivity contribution in [1.82, 2.24) is 0 Å². The quantitative estimate of drug-likeness (QED) is 0.650. The first-order valence-corrected chi connectivity index (χ1v) is 5.92. The molecule has 2 rings (SSSR count). The monoisotopic (exact) mass is 292 g/mol. The third-order valence-electron chi connectivity index (χ3n) is 2.91. The Labute approximate surface area is 118 Å². The van der Waals surface area contributed by atoms with Crippen molar-refractivity contribution in [3.63, 3.8) is 0 Å². The number of carboxylic acid groups (broad SMARTS) is 2. The summed E-state index contributed by atoms with van der Waals surface area (Å²) in [4.78, 5) is 21.3. The molecule has 0 spiro atoms. The van der Waals surface area contributed by atoms with Crippen LogP contribution in [-0.2, 0) is 4.79 Å². The zero-order chi connectivity index (χ0) is 15.6. The predicted molar refractivity (Wildman–Crippen MR) is 69.7 cm³/mol. The van der Waals surface area contributed by atoms with Crippen molar-refractivity contribution in [2.24, 2.45) is 0 Å². The van der Waals surface area contributed by atoms with Crippen LogP contribution in [0.2, 0.25) is 0 Å². The van der Waals surface area contributed by atoms with Gasteiger partial charge in [0.25, 0.3) is 0 Å². The average molecular weight is 292 g/mol. The van der Waals surface area contributed by atoms with Crippen molar-refractivity contribution in [3.05, 3.63) is 47.7 Å². The summed E-state index contributed by atoms with van der Waals surface area (Å²) in [7, 11) is 0. The largest absolute Gasteiger partial charge is 0.479 e. The number of benzene rings is 1. The van der Waals surface area contributed by atoms with Crippen LogP contribution < -0.4 is 0 Å². The van der Waals surface area contributed by atoms with Gasteiger partial charge in [-0.25, -0.2) is 9.59 Å². The van der Waals surface area contributed by atoms with E-state index in [1.54, 1.807) is 0 Å². The summed E-state index contributed by atoms with van der Waals surface area (Å²) in [5.74, 6) is -2.58. The summed E-state index contributed by atoms with van der Waals surface area (Å²) in [6.45, 7) is 0. The third-order valence-corrected chi connectivity index (χ3v) is 2.91. The fourth-order valence-electron chi connectivity index (χ4n) is 1.77. The number of furan rings is 1. The average Bonchev–Trinajstić information content (AvgIpc) is 2.96. The van der Waals surface area contributed by atoms with Gasteiger partial charge in [0, 0.05) is 5.56 Å². The third kappa shape index (κ3) is 3.10. The summed E-state index contributed by atoms with van der Waals surface area (Å²) in [5, 5.41) is 36.3. The van der Waals surface area contributed by atoms with Gasteiger partial charge < -0.3 is 24.8 Å². The van der Waals surface area contributed by atoms with Crippen LogP contribution >= 0.6 is 0 Å². The molecule has 0 aliphatic carbocycles. The molecule has 4 N–H and O–H groups in total. The lowest BCUT2D eigenvalue weighted by molar-refractivity contribution is -0.153. The van der Waals surface area contributed by atoms with Crippen molar-refractivity contribution in [2.75, 3.05) is 0 Å². The minimum Gasteiger partial charge on any atom is -0.479 e. The molecule has 21 heavy (non-hydrogen) atoms. The van der Waals surface area contributed by atoms with Gasteiger partial charge in [-0.15, -0.1) is 0 Å². The highest BCUT2D eigenvalue weighted by Crippen LogP contribution is 2.25. The Bertz CT molecular complexity index is 656. The number of aromatic carboxylic acids is 1. The Balaban J connectivity index is 2.22. The van der Waals surface area contributed by atoms with E-state index >= 15 is 0 Å². The van der Waals surface area contributed by atoms with Gasteiger partial charge in [0.1, 0.15) is 11.9 Å². The molecule has 0 radical (unpaired) electrons. The first-order chi connectivity index (χ1) is 9.90. The molecule has 0 amide bonds. The Morgan fingerprint density at radius 2 is 1.57 bits per heavy atom. The van der Waals surface area contributed by atoms with Crippen LogP contribution in [-0.4, -0.2) is 38.5 Å². The standard InChI is InChI=1S/C14H12O7/c15-11(12(16)14(19)20)8-3-1-7(2-4-8)9-5-6-10(21-9)13(17)18/h1-6,11-12,15-16H,(H,17,18)(H,19,20). The maximum atomic E-state index is 10.7. The molecule has 0 aliphatic rings. The van der Waals surface area contributed by atoms with Gasteiger partial charge in [0.2, 0.25) is 5.76 Å². The lowest BCUT2D eigenvalue weighted by atomic mass is 10.0. The van der Waals surface area contributed by atoms with Crippen molar-refractivity contribution >= 4 is 11.9 Å². The normalized spacial score (nSPS) is 13.6. The van der Waals surface area contributed by atoms with E-state index < -0.39 is 24.1 Å². The predicted octanol–water partition coefficient (Wildman–Crippen LogP) is 1.12. The number of hydrogen-bond acceptors (Lipinski definition) is 5. The molecule has 1 heterocycles. The van der Waals surface area contributed by atoms with Gasteiger partial charge in [-0.1, -0.05) is 24.3 Å². The number of carboxylic acids is 2. The Kier molecular flexibility index (Phi) is 4.06. The molecule has 2 aromatic rings. The summed E-state index contributed by atoms with van der Waals surface area (Å²) in [5.41, 5.74) is 0.780. The minimum absolute atomic E-state index is 0.199. The highest BCUT2D eigenvalue weighted by atomic mass is 16.4. The fraction of sp³-hybridized carbons (Fsp3) is 0.143. The van der Waals surface area contributed by atoms with Crippen molar-refractivity contribution < 1.29 is 34.4 Å². The first kappa shape index (κ1) is 14.8. The Hall–Kier alpha value is -2.64. The van der Waals surface area contributed by atoms with Gasteiger partial charge in [-0.05, 0) is 17.7 Å². The lowest BCUT2D eigenvalue weighted by Crippen LogP contribution is -2.27. The van der Waals surface area contributed by atoms with E-state index in [0.29, 0.717) is 11.3 Å². The van der Waals surface area contributed by atoms with Crippen LogP contribution in [0.25, 0.3) is 11.3 Å². The highest BCUT2D eigenvalue weighted by molar-refractivity contribution is 5.85. The topological polar surface area (TPSA) is 128 Å². The van der Waals surface area contributed by atoms with Crippen LogP contribution in [0.5, 0.6) is 0 Å². The molecule has 0 fully saturated rings. The van der Waals surface area contributed by atoms with Crippen LogP contribution in [0.1, 0.15) is 22.2 Å². The van der Waals surface area contributed by atoms with Crippen LogP contribution in [0, 0.1) is 0 Å². The van der Waals surface area contributed by atoms with E-state index in [0.717, 1.165) is 0 Å². The lowest BCUT2D eigenvalue weighted by Gasteiger charge is -2.14. The number of aliphatic carboxylic acids is 1. The molecule has 0 saturated carbocycles. The summed E-state index contributed by atoms with van der Waals surface area (Å²) in [6.07, 6.45) is -3.47. The second kappa shape index (κ2) is 5.78.